The topological polar surface area (TPSA) is 71.4 Å². The Kier molecular flexibility index (Phi) is 6.29. The van der Waals surface area contributed by atoms with E-state index >= 15 is 0 Å². The van der Waals surface area contributed by atoms with Gasteiger partial charge in [-0.05, 0) is 0 Å². The molecule has 0 heterocycles. The van der Waals surface area contributed by atoms with Crippen LogP contribution in [0, 0.1) is 5.92 Å². The lowest BCUT2D eigenvalue weighted by atomic mass is 10.00. The Bertz CT molecular complexity index is 456. The van der Waals surface area contributed by atoms with Crippen molar-refractivity contribution in [2.75, 3.05) is 5.75 Å². The number of hydrogen-bond acceptors (Lipinski definition) is 4. The summed E-state index contributed by atoms with van der Waals surface area (Å²) in [5.41, 5.74) is 0.501. The first kappa shape index (κ1) is 15.4. The van der Waals surface area contributed by atoms with Crippen LogP contribution < -0.4 is 0 Å². The number of hydrogen-bond donors (Lipinski definition) is 1. The number of ketones is 1. The molecule has 0 aliphatic carbocycles. The molecule has 0 saturated heterocycles. The SMILES string of the molecule is CCC(=O)SCC(CC(=O)c1ccccc1)C(=O)O. The monoisotopic (exact) mass is 280 g/mol. The highest BCUT2D eigenvalue weighted by atomic mass is 32.2. The molecular formula is C14H16O4S. The molecule has 0 spiro atoms. The lowest BCUT2D eigenvalue weighted by molar-refractivity contribution is -0.140. The first-order chi connectivity index (χ1) is 9.04. The molecule has 0 bridgehead atoms. The van der Waals surface area contributed by atoms with E-state index in [0.29, 0.717) is 12.0 Å². The third-order valence-corrected chi connectivity index (χ3v) is 3.79. The zero-order valence-corrected chi connectivity index (χ0v) is 11.5. The average molecular weight is 280 g/mol. The van der Waals surface area contributed by atoms with Crippen molar-refractivity contribution in [3.63, 3.8) is 0 Å². The molecular weight excluding hydrogens is 264 g/mol. The molecule has 0 aliphatic heterocycles. The fourth-order valence-corrected chi connectivity index (χ4v) is 2.33. The van der Waals surface area contributed by atoms with Crippen molar-refractivity contribution in [2.24, 2.45) is 5.92 Å². The summed E-state index contributed by atoms with van der Waals surface area (Å²) in [6.07, 6.45) is 0.285. The smallest absolute Gasteiger partial charge is 0.307 e. The Hall–Kier alpha value is -1.62. The molecule has 0 fully saturated rings. The van der Waals surface area contributed by atoms with Crippen molar-refractivity contribution in [1.29, 1.82) is 0 Å². The third-order valence-electron chi connectivity index (χ3n) is 2.61. The molecule has 1 N–H and O–H groups in total. The Morgan fingerprint density at radius 1 is 1.21 bits per heavy atom. The van der Waals surface area contributed by atoms with Crippen LogP contribution in [-0.4, -0.2) is 27.7 Å². The Morgan fingerprint density at radius 3 is 2.37 bits per heavy atom. The maximum absolute atomic E-state index is 11.9. The lowest BCUT2D eigenvalue weighted by Gasteiger charge is -2.10. The van der Waals surface area contributed by atoms with Crippen molar-refractivity contribution in [2.45, 2.75) is 19.8 Å². The molecule has 0 aromatic heterocycles. The molecule has 4 nitrogen and oxygen atoms in total. The van der Waals surface area contributed by atoms with E-state index in [1.165, 1.54) is 0 Å². The fraction of sp³-hybridized carbons (Fsp3) is 0.357. The van der Waals surface area contributed by atoms with E-state index in [1.54, 1.807) is 37.3 Å². The molecule has 0 aliphatic rings. The minimum absolute atomic E-state index is 0.0570. The van der Waals surface area contributed by atoms with Gasteiger partial charge in [0.1, 0.15) is 0 Å². The van der Waals surface area contributed by atoms with Gasteiger partial charge in [0, 0.05) is 24.2 Å². The molecule has 19 heavy (non-hydrogen) atoms. The lowest BCUT2D eigenvalue weighted by Crippen LogP contribution is -2.21. The first-order valence-electron chi connectivity index (χ1n) is 6.01. The van der Waals surface area contributed by atoms with Gasteiger partial charge in [-0.3, -0.25) is 14.4 Å². The van der Waals surface area contributed by atoms with Crippen LogP contribution in [0.4, 0.5) is 0 Å². The van der Waals surface area contributed by atoms with E-state index in [0.717, 1.165) is 11.8 Å². The van der Waals surface area contributed by atoms with Crippen LogP contribution in [0.5, 0.6) is 0 Å². The van der Waals surface area contributed by atoms with Crippen LogP contribution in [0.15, 0.2) is 30.3 Å². The summed E-state index contributed by atoms with van der Waals surface area (Å²) in [4.78, 5) is 34.2. The minimum atomic E-state index is -1.04. The highest BCUT2D eigenvalue weighted by Gasteiger charge is 2.22. The zero-order valence-electron chi connectivity index (χ0n) is 10.7. The Morgan fingerprint density at radius 2 is 1.84 bits per heavy atom. The molecule has 1 atom stereocenters. The van der Waals surface area contributed by atoms with Gasteiger partial charge in [-0.1, -0.05) is 49.0 Å². The number of thioether (sulfide) groups is 1. The van der Waals surface area contributed by atoms with Crippen LogP contribution >= 0.6 is 11.8 Å². The van der Waals surface area contributed by atoms with Crippen LogP contribution in [-0.2, 0) is 9.59 Å². The zero-order chi connectivity index (χ0) is 14.3. The van der Waals surface area contributed by atoms with Gasteiger partial charge < -0.3 is 5.11 Å². The molecule has 1 aromatic carbocycles. The molecule has 1 rings (SSSR count). The van der Waals surface area contributed by atoms with E-state index in [1.807, 2.05) is 0 Å². The summed E-state index contributed by atoms with van der Waals surface area (Å²) < 4.78 is 0. The van der Waals surface area contributed by atoms with Crippen molar-refractivity contribution >= 4 is 28.6 Å². The number of rotatable bonds is 7. The number of carboxylic acid groups (broad SMARTS) is 1. The van der Waals surface area contributed by atoms with E-state index in [9.17, 15) is 14.4 Å². The number of carbonyl (C=O) groups excluding carboxylic acids is 2. The summed E-state index contributed by atoms with van der Waals surface area (Å²) in [5.74, 6) is -1.94. The number of benzene rings is 1. The van der Waals surface area contributed by atoms with Crippen LogP contribution in [0.2, 0.25) is 0 Å². The summed E-state index contributed by atoms with van der Waals surface area (Å²) in [6, 6.07) is 8.58. The van der Waals surface area contributed by atoms with Gasteiger partial charge in [0.15, 0.2) is 10.9 Å². The number of Topliss-reactive ketones (excluding diaryl/α,β-unsaturated/α-hetero) is 1. The first-order valence-corrected chi connectivity index (χ1v) is 6.99. The van der Waals surface area contributed by atoms with E-state index in [-0.39, 0.29) is 23.1 Å². The molecule has 5 heteroatoms. The summed E-state index contributed by atoms with van der Waals surface area (Å²) in [7, 11) is 0. The largest absolute Gasteiger partial charge is 0.481 e. The van der Waals surface area contributed by atoms with Crippen molar-refractivity contribution < 1.29 is 19.5 Å². The maximum Gasteiger partial charge on any atom is 0.307 e. The van der Waals surface area contributed by atoms with Crippen LogP contribution in [0.25, 0.3) is 0 Å². The van der Waals surface area contributed by atoms with E-state index < -0.39 is 11.9 Å². The highest BCUT2D eigenvalue weighted by Crippen LogP contribution is 2.17. The second-order valence-corrected chi connectivity index (χ2v) is 5.14. The van der Waals surface area contributed by atoms with Crippen molar-refractivity contribution in [3.05, 3.63) is 35.9 Å². The molecule has 102 valence electrons. The van der Waals surface area contributed by atoms with E-state index in [4.69, 9.17) is 5.11 Å². The number of aliphatic carboxylic acids is 1. The standard InChI is InChI=1S/C14H16O4S/c1-2-13(16)19-9-11(14(17)18)8-12(15)10-6-4-3-5-7-10/h3-7,11H,2,8-9H2,1H3,(H,17,18). The van der Waals surface area contributed by atoms with Gasteiger partial charge in [-0.25, -0.2) is 0 Å². The maximum atomic E-state index is 11.9. The van der Waals surface area contributed by atoms with Crippen LogP contribution in [0.3, 0.4) is 0 Å². The highest BCUT2D eigenvalue weighted by molar-refractivity contribution is 8.13. The molecule has 1 aromatic rings. The van der Waals surface area contributed by atoms with Gasteiger partial charge in [0.05, 0.1) is 5.92 Å². The second-order valence-electron chi connectivity index (χ2n) is 4.07. The predicted molar refractivity (Wildman–Crippen MR) is 74.3 cm³/mol. The van der Waals surface area contributed by atoms with Crippen LogP contribution in [0.1, 0.15) is 30.1 Å². The number of carboxylic acids is 1. The summed E-state index contributed by atoms with van der Waals surface area (Å²) >= 11 is 0.978. The summed E-state index contributed by atoms with van der Waals surface area (Å²) in [6.45, 7) is 1.72. The average Bonchev–Trinajstić information content (AvgIpc) is 2.43. The normalized spacial score (nSPS) is 11.8. The van der Waals surface area contributed by atoms with Gasteiger partial charge in [-0.2, -0.15) is 0 Å². The quantitative estimate of drug-likeness (QED) is 0.777. The number of carbonyl (C=O) groups is 3. The van der Waals surface area contributed by atoms with Crippen molar-refractivity contribution in [1.82, 2.24) is 0 Å². The molecule has 0 amide bonds. The van der Waals surface area contributed by atoms with E-state index in [2.05, 4.69) is 0 Å². The van der Waals surface area contributed by atoms with Gasteiger partial charge in [0.25, 0.3) is 0 Å². The predicted octanol–water partition coefficient (Wildman–Crippen LogP) is 2.63. The molecule has 0 radical (unpaired) electrons. The molecule has 0 saturated carbocycles. The summed E-state index contributed by atoms with van der Waals surface area (Å²) in [5, 5.41) is 9.02. The fourth-order valence-electron chi connectivity index (χ4n) is 1.48. The third kappa shape index (κ3) is 5.26. The Balaban J connectivity index is 2.61. The Labute approximate surface area is 116 Å². The minimum Gasteiger partial charge on any atom is -0.481 e. The second kappa shape index (κ2) is 7.74. The van der Waals surface area contributed by atoms with Gasteiger partial charge >= 0.3 is 5.97 Å². The van der Waals surface area contributed by atoms with Gasteiger partial charge in [0.2, 0.25) is 0 Å². The molecule has 1 unspecified atom stereocenters. The van der Waals surface area contributed by atoms with Crippen molar-refractivity contribution in [3.8, 4) is 0 Å². The van der Waals surface area contributed by atoms with Gasteiger partial charge in [-0.15, -0.1) is 0 Å².